The van der Waals surface area contributed by atoms with E-state index in [1.807, 2.05) is 37.0 Å². The quantitative estimate of drug-likeness (QED) is 0.667. The highest BCUT2D eigenvalue weighted by atomic mass is 16.3. The number of phenols is 1. The van der Waals surface area contributed by atoms with Crippen LogP contribution in [-0.4, -0.2) is 54.0 Å². The standard InChI is InChI=1S/C23H31N7O/c1-22(2)10-16(11-23(3,4)28-22)30(6)21-24-12-18(26-27-21)17-8-7-15(9-20(17)31)19-13-29(5)14-25-19/h7-9,12-14,16,28,31H,10-11H2,1-6H3. The fourth-order valence-corrected chi connectivity index (χ4v) is 4.73. The van der Waals surface area contributed by atoms with Crippen molar-refractivity contribution in [2.45, 2.75) is 57.7 Å². The Morgan fingerprint density at radius 1 is 1.06 bits per heavy atom. The van der Waals surface area contributed by atoms with E-state index in [9.17, 15) is 5.11 Å². The predicted octanol–water partition coefficient (Wildman–Crippen LogP) is 3.39. The monoisotopic (exact) mass is 421 g/mol. The molecule has 0 aliphatic carbocycles. The van der Waals surface area contributed by atoms with Crippen molar-refractivity contribution in [1.29, 1.82) is 0 Å². The highest BCUT2D eigenvalue weighted by Crippen LogP contribution is 2.34. The number of hydrogen-bond acceptors (Lipinski definition) is 7. The molecule has 2 N–H and O–H groups in total. The molecule has 0 atom stereocenters. The number of benzene rings is 1. The van der Waals surface area contributed by atoms with E-state index in [0.29, 0.717) is 23.2 Å². The first-order valence-electron chi connectivity index (χ1n) is 10.6. The Morgan fingerprint density at radius 3 is 2.32 bits per heavy atom. The van der Waals surface area contributed by atoms with Crippen molar-refractivity contribution in [3.8, 4) is 28.3 Å². The lowest BCUT2D eigenvalue weighted by atomic mass is 9.79. The minimum absolute atomic E-state index is 0.0369. The highest BCUT2D eigenvalue weighted by Gasteiger charge is 2.39. The molecule has 0 saturated carbocycles. The summed E-state index contributed by atoms with van der Waals surface area (Å²) in [6, 6.07) is 5.74. The Balaban J connectivity index is 1.54. The van der Waals surface area contributed by atoms with E-state index in [0.717, 1.165) is 24.1 Å². The maximum Gasteiger partial charge on any atom is 0.245 e. The second-order valence-corrected chi connectivity index (χ2v) is 9.87. The van der Waals surface area contributed by atoms with Crippen LogP contribution in [0.4, 0.5) is 5.95 Å². The van der Waals surface area contributed by atoms with E-state index in [4.69, 9.17) is 0 Å². The maximum atomic E-state index is 10.6. The zero-order valence-electron chi connectivity index (χ0n) is 19.1. The predicted molar refractivity (Wildman–Crippen MR) is 122 cm³/mol. The van der Waals surface area contributed by atoms with Gasteiger partial charge in [0.05, 0.1) is 18.2 Å². The Hall–Kier alpha value is -3.00. The van der Waals surface area contributed by atoms with Crippen molar-refractivity contribution < 1.29 is 5.11 Å². The molecule has 0 unspecified atom stereocenters. The molecule has 0 spiro atoms. The van der Waals surface area contributed by atoms with Crippen molar-refractivity contribution in [1.82, 2.24) is 30.0 Å². The van der Waals surface area contributed by atoms with Crippen molar-refractivity contribution in [2.24, 2.45) is 7.05 Å². The topological polar surface area (TPSA) is 92.0 Å². The average molecular weight is 422 g/mol. The number of piperidine rings is 1. The van der Waals surface area contributed by atoms with Crippen LogP contribution in [0.25, 0.3) is 22.5 Å². The Morgan fingerprint density at radius 2 is 1.77 bits per heavy atom. The van der Waals surface area contributed by atoms with E-state index in [2.05, 4.69) is 58.1 Å². The summed E-state index contributed by atoms with van der Waals surface area (Å²) < 4.78 is 1.87. The summed E-state index contributed by atoms with van der Waals surface area (Å²) in [6.45, 7) is 8.92. The normalized spacial score (nSPS) is 18.1. The smallest absolute Gasteiger partial charge is 0.245 e. The first kappa shape index (κ1) is 21.2. The number of hydrogen-bond donors (Lipinski definition) is 2. The summed E-state index contributed by atoms with van der Waals surface area (Å²) in [5.74, 6) is 0.717. The van der Waals surface area contributed by atoms with E-state index in [-0.39, 0.29) is 16.8 Å². The Kier molecular flexibility index (Phi) is 5.21. The molecule has 8 nitrogen and oxygen atoms in total. The van der Waals surface area contributed by atoms with Crippen LogP contribution >= 0.6 is 0 Å². The van der Waals surface area contributed by atoms with E-state index < -0.39 is 0 Å². The van der Waals surface area contributed by atoms with Gasteiger partial charge < -0.3 is 19.9 Å². The van der Waals surface area contributed by atoms with Gasteiger partial charge in [-0.25, -0.2) is 9.97 Å². The van der Waals surface area contributed by atoms with Gasteiger partial charge in [-0.1, -0.05) is 6.07 Å². The number of phenolic OH excluding ortho intramolecular Hbond substituents is 1. The van der Waals surface area contributed by atoms with Crippen LogP contribution < -0.4 is 10.2 Å². The van der Waals surface area contributed by atoms with Gasteiger partial charge in [0.25, 0.3) is 0 Å². The molecule has 1 aromatic carbocycles. The van der Waals surface area contributed by atoms with E-state index >= 15 is 0 Å². The zero-order valence-corrected chi connectivity index (χ0v) is 19.1. The lowest BCUT2D eigenvalue weighted by Crippen LogP contribution is -2.62. The number of imidazole rings is 1. The second kappa shape index (κ2) is 7.60. The molecule has 8 heteroatoms. The van der Waals surface area contributed by atoms with Gasteiger partial charge in [0.2, 0.25) is 5.95 Å². The van der Waals surface area contributed by atoms with Gasteiger partial charge in [0, 0.05) is 48.5 Å². The fourth-order valence-electron chi connectivity index (χ4n) is 4.73. The van der Waals surface area contributed by atoms with E-state index in [1.54, 1.807) is 18.6 Å². The molecule has 0 radical (unpaired) electrons. The van der Waals surface area contributed by atoms with Crippen LogP contribution in [-0.2, 0) is 7.05 Å². The maximum absolute atomic E-state index is 10.6. The molecular weight excluding hydrogens is 390 g/mol. The second-order valence-electron chi connectivity index (χ2n) is 9.87. The number of nitrogens with zero attached hydrogens (tertiary/aromatic N) is 6. The molecule has 2 aromatic heterocycles. The van der Waals surface area contributed by atoms with Crippen molar-refractivity contribution in [2.75, 3.05) is 11.9 Å². The Labute approximate surface area is 183 Å². The van der Waals surface area contributed by atoms with Gasteiger partial charge in [-0.05, 0) is 52.7 Å². The van der Waals surface area contributed by atoms with Gasteiger partial charge >= 0.3 is 0 Å². The molecule has 3 heterocycles. The highest BCUT2D eigenvalue weighted by molar-refractivity contribution is 5.72. The minimum Gasteiger partial charge on any atom is -0.507 e. The molecule has 1 aliphatic rings. The lowest BCUT2D eigenvalue weighted by Gasteiger charge is -2.48. The summed E-state index contributed by atoms with van der Waals surface area (Å²) in [7, 11) is 3.94. The van der Waals surface area contributed by atoms with Crippen LogP contribution in [0.2, 0.25) is 0 Å². The third kappa shape index (κ3) is 4.54. The molecule has 0 amide bonds. The summed E-state index contributed by atoms with van der Waals surface area (Å²) in [4.78, 5) is 11.0. The number of rotatable bonds is 4. The molecule has 1 saturated heterocycles. The van der Waals surface area contributed by atoms with Gasteiger partial charge in [-0.2, -0.15) is 0 Å². The van der Waals surface area contributed by atoms with Crippen molar-refractivity contribution in [3.63, 3.8) is 0 Å². The number of anilines is 1. The van der Waals surface area contributed by atoms with Crippen LogP contribution in [0.5, 0.6) is 5.75 Å². The Bertz CT molecular complexity index is 1060. The number of aromatic nitrogens is 5. The van der Waals surface area contributed by atoms with Crippen LogP contribution in [0.3, 0.4) is 0 Å². The largest absolute Gasteiger partial charge is 0.507 e. The molecule has 1 fully saturated rings. The summed E-state index contributed by atoms with van der Waals surface area (Å²) >= 11 is 0. The van der Waals surface area contributed by atoms with Crippen LogP contribution in [0.15, 0.2) is 36.9 Å². The summed E-state index contributed by atoms with van der Waals surface area (Å²) in [5, 5.41) is 23.0. The molecule has 31 heavy (non-hydrogen) atoms. The zero-order chi connectivity index (χ0) is 22.4. The SMILES string of the molecule is CN(c1ncc(-c2ccc(-c3cn(C)cn3)cc2O)nn1)C1CC(C)(C)NC(C)(C)C1. The molecule has 4 rings (SSSR count). The first-order chi connectivity index (χ1) is 14.5. The molecular formula is C23H31N7O. The number of nitrogens with one attached hydrogen (secondary N) is 1. The molecule has 1 aliphatic heterocycles. The molecule has 164 valence electrons. The third-order valence-corrected chi connectivity index (χ3v) is 5.86. The van der Waals surface area contributed by atoms with E-state index in [1.165, 1.54) is 0 Å². The molecule has 0 bridgehead atoms. The summed E-state index contributed by atoms with van der Waals surface area (Å²) in [5.41, 5.74) is 2.85. The van der Waals surface area contributed by atoms with Crippen molar-refractivity contribution >= 4 is 5.95 Å². The fraction of sp³-hybridized carbons (Fsp3) is 0.478. The van der Waals surface area contributed by atoms with Gasteiger partial charge in [0.15, 0.2) is 0 Å². The molecule has 3 aromatic rings. The van der Waals surface area contributed by atoms with Crippen molar-refractivity contribution in [3.05, 3.63) is 36.9 Å². The number of aryl methyl sites for hydroxylation is 1. The third-order valence-electron chi connectivity index (χ3n) is 5.86. The average Bonchev–Trinajstić information content (AvgIpc) is 3.11. The minimum atomic E-state index is 0.0369. The summed E-state index contributed by atoms with van der Waals surface area (Å²) in [6.07, 6.45) is 7.30. The van der Waals surface area contributed by atoms with Crippen LogP contribution in [0.1, 0.15) is 40.5 Å². The van der Waals surface area contributed by atoms with Gasteiger partial charge in [-0.15, -0.1) is 10.2 Å². The first-order valence-corrected chi connectivity index (χ1v) is 10.6. The van der Waals surface area contributed by atoms with Gasteiger partial charge in [-0.3, -0.25) is 0 Å². The number of aromatic hydroxyl groups is 1. The lowest BCUT2D eigenvalue weighted by molar-refractivity contribution is 0.160. The van der Waals surface area contributed by atoms with Gasteiger partial charge in [0.1, 0.15) is 11.4 Å². The van der Waals surface area contributed by atoms with Crippen LogP contribution in [0, 0.1) is 0 Å².